The molecule has 0 fully saturated rings. The van der Waals surface area contributed by atoms with Gasteiger partial charge in [-0.05, 0) is 6.92 Å². The number of ether oxygens (including phenoxy) is 1. The molecule has 0 saturated carbocycles. The zero-order valence-electron chi connectivity index (χ0n) is 4.96. The normalized spacial score (nSPS) is 14.2. The molecule has 1 atom stereocenters. The zero-order chi connectivity index (χ0) is 6.41. The van der Waals surface area contributed by atoms with Crippen LogP contribution in [-0.2, 0) is 13.8 Å². The van der Waals surface area contributed by atoms with Crippen LogP contribution in [0.4, 0.5) is 0 Å². The molecule has 0 heterocycles. The van der Waals surface area contributed by atoms with E-state index in [0.29, 0.717) is 6.61 Å². The summed E-state index contributed by atoms with van der Waals surface area (Å²) in [5.74, 6) is 0. The molecule has 48 valence electrons. The summed E-state index contributed by atoms with van der Waals surface area (Å²) in [6, 6.07) is 0. The molecule has 8 heavy (non-hydrogen) atoms. The monoisotopic (exact) mass is 136 g/mol. The minimum absolute atomic E-state index is 0.0245. The van der Waals surface area contributed by atoms with Crippen molar-refractivity contribution in [3.05, 3.63) is 0 Å². The summed E-state index contributed by atoms with van der Waals surface area (Å²) >= 11 is 0. The van der Waals surface area contributed by atoms with Crippen molar-refractivity contribution in [2.75, 3.05) is 13.7 Å². The van der Waals surface area contributed by atoms with Crippen LogP contribution in [0.5, 0.6) is 0 Å². The molecule has 0 aliphatic rings. The van der Waals surface area contributed by atoms with Gasteiger partial charge in [-0.1, -0.05) is 0 Å². The molecule has 1 unspecified atom stereocenters. The van der Waals surface area contributed by atoms with Crippen LogP contribution in [-0.4, -0.2) is 19.8 Å². The van der Waals surface area contributed by atoms with Crippen LogP contribution in [0.1, 0.15) is 6.92 Å². The van der Waals surface area contributed by atoms with Crippen molar-refractivity contribution in [1.82, 2.24) is 0 Å². The van der Waals surface area contributed by atoms with Crippen molar-refractivity contribution in [1.29, 1.82) is 0 Å². The van der Waals surface area contributed by atoms with E-state index >= 15 is 0 Å². The Hall–Kier alpha value is 0.0200. The van der Waals surface area contributed by atoms with Gasteiger partial charge < -0.3 is 4.74 Å². The highest BCUT2D eigenvalue weighted by molar-refractivity contribution is 7.17. The van der Waals surface area contributed by atoms with Gasteiger partial charge in [0.1, 0.15) is 0 Å². The number of methoxy groups -OCH3 is 1. The molecule has 0 spiro atoms. The quantitative estimate of drug-likeness (QED) is 0.545. The molecule has 0 N–H and O–H groups in total. The second-order valence-corrected chi connectivity index (χ2v) is 1.82. The van der Waals surface area contributed by atoms with E-state index in [1.807, 2.05) is 6.92 Å². The van der Waals surface area contributed by atoms with Crippen molar-refractivity contribution >= 4 is 8.69 Å². The van der Waals surface area contributed by atoms with Crippen LogP contribution in [0.2, 0.25) is 0 Å². The summed E-state index contributed by atoms with van der Waals surface area (Å²) in [6.07, 6.45) is 0.0245. The number of hydrogen-bond donors (Lipinski definition) is 0. The van der Waals surface area contributed by atoms with Gasteiger partial charge in [-0.25, -0.2) is 4.57 Å². The molecule has 0 rings (SSSR count). The van der Waals surface area contributed by atoms with Crippen LogP contribution in [0, 0.1) is 0 Å². The Morgan fingerprint density at radius 2 is 2.38 bits per heavy atom. The highest BCUT2D eigenvalue weighted by atomic mass is 31.1. The highest BCUT2D eigenvalue weighted by Crippen LogP contribution is 1.97. The lowest BCUT2D eigenvalue weighted by Gasteiger charge is -2.03. The first-order chi connectivity index (χ1) is 3.81. The van der Waals surface area contributed by atoms with Crippen molar-refractivity contribution in [3.63, 3.8) is 0 Å². The average molecular weight is 136 g/mol. The van der Waals surface area contributed by atoms with E-state index in [4.69, 9.17) is 4.74 Å². The topological polar surface area (TPSA) is 35.5 Å². The van der Waals surface area contributed by atoms with Crippen LogP contribution in [0.25, 0.3) is 0 Å². The highest BCUT2D eigenvalue weighted by Gasteiger charge is 1.96. The van der Waals surface area contributed by atoms with Crippen molar-refractivity contribution in [2.24, 2.45) is 0 Å². The van der Waals surface area contributed by atoms with Gasteiger partial charge in [0, 0.05) is 7.11 Å². The molecule has 3 nitrogen and oxygen atoms in total. The second-order valence-electron chi connectivity index (χ2n) is 1.42. The van der Waals surface area contributed by atoms with Gasteiger partial charge >= 0.3 is 8.69 Å². The Labute approximate surface area is 50.3 Å². The van der Waals surface area contributed by atoms with Crippen LogP contribution >= 0.6 is 8.69 Å². The second kappa shape index (κ2) is 5.16. The molecular weight excluding hydrogens is 127 g/mol. The predicted octanol–water partition coefficient (Wildman–Crippen LogP) is 1.24. The van der Waals surface area contributed by atoms with Crippen molar-refractivity contribution in [3.8, 4) is 0 Å². The molecule has 0 bridgehead atoms. The third kappa shape index (κ3) is 4.19. The smallest absolute Gasteiger partial charge is 0.327 e. The minimum Gasteiger partial charge on any atom is -0.379 e. The molecule has 0 aromatic carbocycles. The number of rotatable bonds is 4. The van der Waals surface area contributed by atoms with E-state index in [2.05, 4.69) is 4.52 Å². The summed E-state index contributed by atoms with van der Waals surface area (Å²) in [6.45, 7) is 2.22. The van der Waals surface area contributed by atoms with Gasteiger partial charge in [0.05, 0.1) is 12.7 Å². The third-order valence-electron chi connectivity index (χ3n) is 0.764. The van der Waals surface area contributed by atoms with E-state index in [1.54, 1.807) is 7.11 Å². The Kier molecular flexibility index (Phi) is 5.18. The Morgan fingerprint density at radius 1 is 1.75 bits per heavy atom. The van der Waals surface area contributed by atoms with Crippen molar-refractivity contribution in [2.45, 2.75) is 13.0 Å². The van der Waals surface area contributed by atoms with Gasteiger partial charge in [-0.15, -0.1) is 0 Å². The molecule has 0 aromatic rings. The summed E-state index contributed by atoms with van der Waals surface area (Å²) in [5, 5.41) is 0. The zero-order valence-corrected chi connectivity index (χ0v) is 5.85. The first-order valence-electron chi connectivity index (χ1n) is 2.28. The Morgan fingerprint density at radius 3 is 2.75 bits per heavy atom. The third-order valence-corrected chi connectivity index (χ3v) is 1.02. The van der Waals surface area contributed by atoms with E-state index in [0.717, 1.165) is 0 Å². The minimum atomic E-state index is -0.281. The van der Waals surface area contributed by atoms with Gasteiger partial charge in [0.25, 0.3) is 0 Å². The molecule has 0 aliphatic carbocycles. The summed E-state index contributed by atoms with van der Waals surface area (Å²) in [5.41, 5.74) is 0. The molecule has 4 heteroatoms. The molecular formula is C4H9O3P. The summed E-state index contributed by atoms with van der Waals surface area (Å²) < 4.78 is 18.9. The average Bonchev–Trinajstić information content (AvgIpc) is 1.83. The van der Waals surface area contributed by atoms with E-state index in [1.165, 1.54) is 0 Å². The van der Waals surface area contributed by atoms with Crippen LogP contribution in [0.3, 0.4) is 0 Å². The molecule has 0 aromatic heterocycles. The maximum atomic E-state index is 9.64. The summed E-state index contributed by atoms with van der Waals surface area (Å²) in [4.78, 5) is 0. The standard InChI is InChI=1S/C4H9O3P/c1-4(6-2)3-7-8-5/h4H,3H2,1-2H3. The fraction of sp³-hybridized carbons (Fsp3) is 1.00. The first-order valence-corrected chi connectivity index (χ1v) is 3.01. The number of hydrogen-bond acceptors (Lipinski definition) is 3. The van der Waals surface area contributed by atoms with Crippen molar-refractivity contribution < 1.29 is 13.8 Å². The maximum absolute atomic E-state index is 9.64. The summed E-state index contributed by atoms with van der Waals surface area (Å²) in [7, 11) is 1.30. The first kappa shape index (κ1) is 8.02. The largest absolute Gasteiger partial charge is 0.379 e. The Bertz CT molecular complexity index is 66.3. The molecule has 0 saturated heterocycles. The predicted molar refractivity (Wildman–Crippen MR) is 30.0 cm³/mol. The molecule has 0 radical (unpaired) electrons. The Balaban J connectivity index is 2.97. The van der Waals surface area contributed by atoms with Crippen LogP contribution in [0.15, 0.2) is 0 Å². The SMILES string of the molecule is COC(C)COP=O. The lowest BCUT2D eigenvalue weighted by molar-refractivity contribution is 0.0764. The lowest BCUT2D eigenvalue weighted by Crippen LogP contribution is -2.09. The lowest BCUT2D eigenvalue weighted by atomic mass is 10.4. The molecule has 0 amide bonds. The fourth-order valence-corrected chi connectivity index (χ4v) is 0.474. The van der Waals surface area contributed by atoms with Gasteiger partial charge in [-0.3, -0.25) is 4.52 Å². The molecule has 0 aliphatic heterocycles. The van der Waals surface area contributed by atoms with Crippen LogP contribution < -0.4 is 0 Å². The van der Waals surface area contributed by atoms with Gasteiger partial charge in [0.2, 0.25) is 0 Å². The van der Waals surface area contributed by atoms with E-state index in [9.17, 15) is 4.57 Å². The van der Waals surface area contributed by atoms with Gasteiger partial charge in [-0.2, -0.15) is 0 Å². The maximum Gasteiger partial charge on any atom is 0.327 e. The van der Waals surface area contributed by atoms with E-state index in [-0.39, 0.29) is 14.8 Å². The van der Waals surface area contributed by atoms with E-state index < -0.39 is 0 Å². The van der Waals surface area contributed by atoms with Gasteiger partial charge in [0.15, 0.2) is 0 Å². The fourth-order valence-electron chi connectivity index (χ4n) is 0.203.